The van der Waals surface area contributed by atoms with Gasteiger partial charge in [-0.15, -0.1) is 0 Å². The zero-order chi connectivity index (χ0) is 16.0. The summed E-state index contributed by atoms with van der Waals surface area (Å²) in [7, 11) is -0.824. The van der Waals surface area contributed by atoms with Crippen LogP contribution in [0.2, 0.25) is 13.1 Å². The third kappa shape index (κ3) is 2.37. The molecule has 3 heteroatoms. The highest BCUT2D eigenvalue weighted by Gasteiger charge is 2.10. The number of rotatable bonds is 2. The summed E-state index contributed by atoms with van der Waals surface area (Å²) in [6.45, 7) is 6.87. The first kappa shape index (κ1) is 14.2. The summed E-state index contributed by atoms with van der Waals surface area (Å²) < 4.78 is 5.90. The van der Waals surface area contributed by atoms with Crippen molar-refractivity contribution in [1.82, 2.24) is 4.98 Å². The maximum atomic E-state index is 5.90. The van der Waals surface area contributed by atoms with Gasteiger partial charge in [-0.2, -0.15) is 0 Å². The second-order valence-electron chi connectivity index (χ2n) is 6.39. The zero-order valence-corrected chi connectivity index (χ0v) is 14.8. The molecule has 4 aromatic rings. The molecule has 0 atom stereocenters. The van der Waals surface area contributed by atoms with Crippen LogP contribution in [0, 0.1) is 6.92 Å². The van der Waals surface area contributed by atoms with E-state index in [-0.39, 0.29) is 0 Å². The van der Waals surface area contributed by atoms with Crippen molar-refractivity contribution in [3.63, 3.8) is 0 Å². The SMILES string of the molecule is Cc1cc(-c2ccc3oc4ccccc4c3c2)ncc1[SiH](C)C. The van der Waals surface area contributed by atoms with Crippen LogP contribution < -0.4 is 5.19 Å². The largest absolute Gasteiger partial charge is 0.456 e. The molecule has 0 amide bonds. The lowest BCUT2D eigenvalue weighted by Crippen LogP contribution is -2.26. The van der Waals surface area contributed by atoms with Crippen LogP contribution in [0.1, 0.15) is 5.56 Å². The quantitative estimate of drug-likeness (QED) is 0.503. The molecular formula is C20H19NOSi. The Balaban J connectivity index is 1.89. The fourth-order valence-corrected chi connectivity index (χ4v) is 4.58. The van der Waals surface area contributed by atoms with Gasteiger partial charge in [-0.3, -0.25) is 4.98 Å². The molecule has 0 saturated heterocycles. The number of pyridine rings is 1. The number of benzene rings is 2. The first-order chi connectivity index (χ1) is 11.1. The average Bonchev–Trinajstić information content (AvgIpc) is 2.92. The van der Waals surface area contributed by atoms with Crippen molar-refractivity contribution in [2.24, 2.45) is 0 Å². The molecule has 2 aromatic heterocycles. The number of fused-ring (bicyclic) bond motifs is 3. The fraction of sp³-hybridized carbons (Fsp3) is 0.150. The van der Waals surface area contributed by atoms with Crippen molar-refractivity contribution in [3.8, 4) is 11.3 Å². The van der Waals surface area contributed by atoms with Crippen molar-refractivity contribution in [2.45, 2.75) is 20.0 Å². The van der Waals surface area contributed by atoms with Crippen LogP contribution in [-0.4, -0.2) is 13.8 Å². The van der Waals surface area contributed by atoms with E-state index in [1.54, 1.807) is 0 Å². The summed E-state index contributed by atoms with van der Waals surface area (Å²) in [4.78, 5) is 4.71. The molecule has 4 rings (SSSR count). The predicted octanol–water partition coefficient (Wildman–Crippen LogP) is 4.65. The second-order valence-corrected chi connectivity index (χ2v) is 9.32. The summed E-state index contributed by atoms with van der Waals surface area (Å²) in [5.74, 6) is 0. The Labute approximate surface area is 137 Å². The maximum Gasteiger partial charge on any atom is 0.135 e. The van der Waals surface area contributed by atoms with E-state index in [9.17, 15) is 0 Å². The van der Waals surface area contributed by atoms with Crippen LogP contribution >= 0.6 is 0 Å². The highest BCUT2D eigenvalue weighted by atomic mass is 28.3. The molecule has 0 fully saturated rings. The normalized spacial score (nSPS) is 11.7. The number of aryl methyl sites for hydroxylation is 1. The lowest BCUT2D eigenvalue weighted by molar-refractivity contribution is 0.669. The molecule has 0 N–H and O–H groups in total. The van der Waals surface area contributed by atoms with Gasteiger partial charge in [0.1, 0.15) is 11.2 Å². The van der Waals surface area contributed by atoms with E-state index in [2.05, 4.69) is 56.5 Å². The van der Waals surface area contributed by atoms with Crippen LogP contribution in [0.5, 0.6) is 0 Å². The van der Waals surface area contributed by atoms with Crippen molar-refractivity contribution in [2.75, 3.05) is 0 Å². The van der Waals surface area contributed by atoms with Gasteiger partial charge in [0.15, 0.2) is 0 Å². The van der Waals surface area contributed by atoms with Gasteiger partial charge in [0, 0.05) is 22.5 Å². The molecule has 0 radical (unpaired) electrons. The minimum Gasteiger partial charge on any atom is -0.456 e. The third-order valence-corrected chi connectivity index (χ3v) is 6.29. The summed E-state index contributed by atoms with van der Waals surface area (Å²) in [5.41, 5.74) is 5.40. The van der Waals surface area contributed by atoms with E-state index in [1.165, 1.54) is 10.8 Å². The molecule has 114 valence electrons. The van der Waals surface area contributed by atoms with Crippen molar-refractivity contribution in [3.05, 3.63) is 60.3 Å². The van der Waals surface area contributed by atoms with Gasteiger partial charge in [-0.1, -0.05) is 31.3 Å². The van der Waals surface area contributed by atoms with E-state index in [1.807, 2.05) is 18.2 Å². The van der Waals surface area contributed by atoms with E-state index in [4.69, 9.17) is 9.40 Å². The van der Waals surface area contributed by atoms with E-state index in [0.717, 1.165) is 33.2 Å². The monoisotopic (exact) mass is 317 g/mol. The number of hydrogen-bond acceptors (Lipinski definition) is 2. The Morgan fingerprint density at radius 1 is 0.913 bits per heavy atom. The van der Waals surface area contributed by atoms with Crippen LogP contribution in [0.4, 0.5) is 0 Å². The van der Waals surface area contributed by atoms with Crippen molar-refractivity contribution in [1.29, 1.82) is 0 Å². The molecule has 2 aromatic carbocycles. The topological polar surface area (TPSA) is 26.0 Å². The minimum atomic E-state index is -0.824. The van der Waals surface area contributed by atoms with Gasteiger partial charge >= 0.3 is 0 Å². The van der Waals surface area contributed by atoms with E-state index >= 15 is 0 Å². The van der Waals surface area contributed by atoms with Crippen LogP contribution in [0.25, 0.3) is 33.2 Å². The van der Waals surface area contributed by atoms with Gasteiger partial charge in [-0.25, -0.2) is 0 Å². The average molecular weight is 317 g/mol. The molecule has 0 bridgehead atoms. The fourth-order valence-electron chi connectivity index (χ4n) is 3.21. The molecule has 23 heavy (non-hydrogen) atoms. The van der Waals surface area contributed by atoms with Gasteiger partial charge in [0.25, 0.3) is 0 Å². The molecule has 2 heterocycles. The second kappa shape index (κ2) is 5.35. The van der Waals surface area contributed by atoms with E-state index < -0.39 is 8.80 Å². The van der Waals surface area contributed by atoms with Crippen molar-refractivity contribution < 1.29 is 4.42 Å². The molecule has 0 spiro atoms. The van der Waals surface area contributed by atoms with Crippen LogP contribution in [0.15, 0.2) is 59.1 Å². The Bertz CT molecular complexity index is 1020. The van der Waals surface area contributed by atoms with E-state index in [0.29, 0.717) is 0 Å². The maximum absolute atomic E-state index is 5.90. The molecule has 0 unspecified atom stereocenters. The summed E-state index contributed by atoms with van der Waals surface area (Å²) in [5, 5.41) is 3.76. The standard InChI is InChI=1S/C20H19NOSi/c1-13-10-17(21-12-20(13)23(2)3)14-8-9-19-16(11-14)15-6-4-5-7-18(15)22-19/h4-12,23H,1-3H3. The van der Waals surface area contributed by atoms with Crippen molar-refractivity contribution >= 4 is 35.9 Å². The Morgan fingerprint density at radius 2 is 1.70 bits per heavy atom. The Hall–Kier alpha value is -2.39. The number of hydrogen-bond donors (Lipinski definition) is 0. The van der Waals surface area contributed by atoms with Gasteiger partial charge in [0.05, 0.1) is 14.5 Å². The molecule has 0 aliphatic heterocycles. The lowest BCUT2D eigenvalue weighted by atomic mass is 10.1. The van der Waals surface area contributed by atoms with Gasteiger partial charge in [-0.05, 0) is 48.0 Å². The van der Waals surface area contributed by atoms with Crippen LogP contribution in [-0.2, 0) is 0 Å². The number of furan rings is 1. The highest BCUT2D eigenvalue weighted by Crippen LogP contribution is 2.31. The molecule has 2 nitrogen and oxygen atoms in total. The molecular weight excluding hydrogens is 298 g/mol. The summed E-state index contributed by atoms with van der Waals surface area (Å²) in [6.07, 6.45) is 2.07. The number of para-hydroxylation sites is 1. The highest BCUT2D eigenvalue weighted by molar-refractivity contribution is 6.71. The number of nitrogens with zero attached hydrogens (tertiary/aromatic N) is 1. The Morgan fingerprint density at radius 3 is 2.48 bits per heavy atom. The van der Waals surface area contributed by atoms with Gasteiger partial charge < -0.3 is 4.42 Å². The Kier molecular flexibility index (Phi) is 3.31. The smallest absolute Gasteiger partial charge is 0.135 e. The minimum absolute atomic E-state index is 0.824. The summed E-state index contributed by atoms with van der Waals surface area (Å²) in [6, 6.07) is 16.7. The first-order valence-corrected chi connectivity index (χ1v) is 10.9. The predicted molar refractivity (Wildman–Crippen MR) is 100 cm³/mol. The first-order valence-electron chi connectivity index (χ1n) is 8.01. The number of aromatic nitrogens is 1. The lowest BCUT2D eigenvalue weighted by Gasteiger charge is -2.10. The van der Waals surface area contributed by atoms with Gasteiger partial charge in [0.2, 0.25) is 0 Å². The third-order valence-electron chi connectivity index (χ3n) is 4.45. The zero-order valence-electron chi connectivity index (χ0n) is 13.6. The molecule has 0 saturated carbocycles. The van der Waals surface area contributed by atoms with Crippen LogP contribution in [0.3, 0.4) is 0 Å². The molecule has 0 aliphatic rings. The summed E-state index contributed by atoms with van der Waals surface area (Å²) >= 11 is 0. The molecule has 0 aliphatic carbocycles.